The smallest absolute Gasteiger partial charge is 0.179 e. The second-order valence-corrected chi connectivity index (χ2v) is 10.3. The largest absolute Gasteiger partial charge is 0.392 e. The lowest BCUT2D eigenvalue weighted by atomic mass is 9.46. The van der Waals surface area contributed by atoms with Crippen molar-refractivity contribution in [2.45, 2.75) is 69.2 Å². The maximum Gasteiger partial charge on any atom is 0.179 e. The molecule has 0 radical (unpaired) electrons. The highest BCUT2D eigenvalue weighted by Gasteiger charge is 2.77. The number of aliphatic hydroxyl groups is 3. The van der Waals surface area contributed by atoms with Crippen LogP contribution >= 0.6 is 8.58 Å². The molecule has 2 heterocycles. The predicted molar refractivity (Wildman–Crippen MR) is 68.4 cm³/mol. The van der Waals surface area contributed by atoms with Crippen LogP contribution < -0.4 is 0 Å². The molecule has 98 valence electrons. The van der Waals surface area contributed by atoms with Crippen molar-refractivity contribution in [1.82, 2.24) is 0 Å². The van der Waals surface area contributed by atoms with Gasteiger partial charge in [0.1, 0.15) is 0 Å². The fourth-order valence-corrected chi connectivity index (χ4v) is 8.88. The van der Waals surface area contributed by atoms with E-state index in [1.807, 2.05) is 13.8 Å². The van der Waals surface area contributed by atoms with Crippen molar-refractivity contribution in [3.8, 4) is 0 Å². The molecule has 3 nitrogen and oxygen atoms in total. The van der Waals surface area contributed by atoms with Gasteiger partial charge in [0, 0.05) is 10.6 Å². The lowest BCUT2D eigenvalue weighted by molar-refractivity contribution is -0.344. The van der Waals surface area contributed by atoms with Crippen molar-refractivity contribution in [3.05, 3.63) is 0 Å². The predicted octanol–water partition coefficient (Wildman–Crippen LogP) is 1.45. The molecule has 6 atom stereocenters. The van der Waals surface area contributed by atoms with Gasteiger partial charge in [0.05, 0.1) is 6.10 Å². The molecule has 2 aliphatic heterocycles. The van der Waals surface area contributed by atoms with Crippen molar-refractivity contribution < 1.29 is 15.3 Å². The van der Waals surface area contributed by atoms with Crippen LogP contribution in [0.3, 0.4) is 0 Å². The Bertz CT molecular complexity index is 398. The molecule has 0 spiro atoms. The second kappa shape index (κ2) is 2.75. The first-order valence-corrected chi connectivity index (χ1v) is 7.40. The lowest BCUT2D eigenvalue weighted by Gasteiger charge is -2.74. The average Bonchev–Trinajstić information content (AvgIpc) is 2.09. The first kappa shape index (κ1) is 12.3. The highest BCUT2D eigenvalue weighted by molar-refractivity contribution is 7.42. The zero-order chi connectivity index (χ0) is 12.9. The quantitative estimate of drug-likeness (QED) is 0.455. The van der Waals surface area contributed by atoms with E-state index in [0.29, 0.717) is 8.58 Å². The third-order valence-corrected chi connectivity index (χ3v) is 7.75. The van der Waals surface area contributed by atoms with Crippen LogP contribution in [0.5, 0.6) is 0 Å². The Kier molecular flexibility index (Phi) is 2.00. The first-order chi connectivity index (χ1) is 7.48. The average molecular weight is 258 g/mol. The number of aliphatic hydroxyl groups excluding tert-OH is 1. The van der Waals surface area contributed by atoms with E-state index in [9.17, 15) is 15.3 Å². The van der Waals surface area contributed by atoms with Gasteiger partial charge in [0.25, 0.3) is 0 Å². The summed E-state index contributed by atoms with van der Waals surface area (Å²) in [5.41, 5.74) is -0.941. The van der Waals surface area contributed by atoms with E-state index in [2.05, 4.69) is 13.8 Å². The van der Waals surface area contributed by atoms with Crippen LogP contribution in [0.1, 0.15) is 47.0 Å². The summed E-state index contributed by atoms with van der Waals surface area (Å²) in [6.07, 6.45) is 1.84. The van der Waals surface area contributed by atoms with Crippen LogP contribution in [0, 0.1) is 10.8 Å². The summed E-state index contributed by atoms with van der Waals surface area (Å²) in [5, 5.41) is 31.5. The zero-order valence-electron chi connectivity index (χ0n) is 11.0. The Morgan fingerprint density at radius 2 is 1.59 bits per heavy atom. The van der Waals surface area contributed by atoms with Crippen molar-refractivity contribution in [3.63, 3.8) is 0 Å². The van der Waals surface area contributed by atoms with Gasteiger partial charge < -0.3 is 15.3 Å². The Morgan fingerprint density at radius 3 is 2.18 bits per heavy atom. The Morgan fingerprint density at radius 1 is 1.00 bits per heavy atom. The zero-order valence-corrected chi connectivity index (χ0v) is 12.0. The minimum atomic E-state index is -1.74. The summed E-state index contributed by atoms with van der Waals surface area (Å²) < 4.78 is 0. The second-order valence-electron chi connectivity index (χ2n) is 7.69. The van der Waals surface area contributed by atoms with Gasteiger partial charge in [-0.15, -0.1) is 8.58 Å². The van der Waals surface area contributed by atoms with Crippen LogP contribution in [0.15, 0.2) is 0 Å². The molecule has 3 N–H and O–H groups in total. The summed E-state index contributed by atoms with van der Waals surface area (Å²) >= 11 is 0. The van der Waals surface area contributed by atoms with Crippen molar-refractivity contribution in [2.75, 3.05) is 0 Å². The van der Waals surface area contributed by atoms with Crippen LogP contribution in [0.4, 0.5) is 0 Å². The van der Waals surface area contributed by atoms with E-state index in [0.717, 1.165) is 19.3 Å². The number of hydrogen-bond acceptors (Lipinski definition) is 3. The van der Waals surface area contributed by atoms with Crippen LogP contribution in [0.25, 0.3) is 0 Å². The minimum absolute atomic E-state index is 0.156. The number of hydrogen-bond donors (Lipinski definition) is 3. The van der Waals surface area contributed by atoms with E-state index in [-0.39, 0.29) is 10.6 Å². The molecule has 4 fully saturated rings. The molecule has 4 heteroatoms. The van der Waals surface area contributed by atoms with Gasteiger partial charge in [0.15, 0.2) is 5.79 Å². The Hall–Kier alpha value is 0.310. The molecule has 2 saturated carbocycles. The summed E-state index contributed by atoms with van der Waals surface area (Å²) in [6.45, 7) is 8.21. The van der Waals surface area contributed by atoms with E-state index in [4.69, 9.17) is 0 Å². The first-order valence-electron chi connectivity index (χ1n) is 6.40. The molecule has 17 heavy (non-hydrogen) atoms. The fourth-order valence-electron chi connectivity index (χ4n) is 5.65. The standard InChI is InChI=1S/C13H23O3P/c1-9-5-10(2)7-11(3,8(9)14)13(15,16)12(4,6-9)17-10/h8,14-17H,5-7H2,1-4H3. The van der Waals surface area contributed by atoms with E-state index in [1.54, 1.807) is 0 Å². The SMILES string of the molecule is CC12CC3(C)CC(C)(P1)C(O)(O)C(C)(C2)C3O. The maximum absolute atomic E-state index is 10.6. The van der Waals surface area contributed by atoms with Crippen LogP contribution in [-0.2, 0) is 0 Å². The minimum Gasteiger partial charge on any atom is -0.392 e. The molecular formula is C13H23O3P. The van der Waals surface area contributed by atoms with Crippen LogP contribution in [-0.4, -0.2) is 37.5 Å². The monoisotopic (exact) mass is 258 g/mol. The molecule has 0 aromatic heterocycles. The number of rotatable bonds is 0. The van der Waals surface area contributed by atoms with E-state index >= 15 is 0 Å². The molecule has 4 aliphatic rings. The van der Waals surface area contributed by atoms with Crippen LogP contribution in [0.2, 0.25) is 0 Å². The normalized spacial score (nSPS) is 65.5. The van der Waals surface area contributed by atoms with Gasteiger partial charge in [-0.3, -0.25) is 0 Å². The topological polar surface area (TPSA) is 60.7 Å². The Balaban J connectivity index is 2.22. The van der Waals surface area contributed by atoms with Crippen molar-refractivity contribution in [1.29, 1.82) is 0 Å². The molecule has 0 amide bonds. The molecule has 0 aromatic rings. The van der Waals surface area contributed by atoms with Gasteiger partial charge in [-0.2, -0.15) is 0 Å². The third kappa shape index (κ3) is 1.13. The summed E-state index contributed by atoms with van der Waals surface area (Å²) in [5.74, 6) is -1.74. The van der Waals surface area contributed by atoms with Gasteiger partial charge in [0.2, 0.25) is 0 Å². The van der Waals surface area contributed by atoms with Crippen molar-refractivity contribution >= 4 is 8.58 Å². The van der Waals surface area contributed by atoms with E-state index < -0.39 is 22.5 Å². The van der Waals surface area contributed by atoms with Gasteiger partial charge in [-0.05, 0) is 29.8 Å². The highest BCUT2D eigenvalue weighted by Crippen LogP contribution is 2.77. The summed E-state index contributed by atoms with van der Waals surface area (Å²) in [7, 11) is 0.567. The lowest BCUT2D eigenvalue weighted by Crippen LogP contribution is -2.79. The van der Waals surface area contributed by atoms with Gasteiger partial charge in [-0.1, -0.05) is 27.7 Å². The third-order valence-electron chi connectivity index (χ3n) is 5.72. The molecular weight excluding hydrogens is 235 g/mol. The molecule has 2 aliphatic carbocycles. The summed E-state index contributed by atoms with van der Waals surface area (Å²) in [6, 6.07) is 0. The molecule has 4 rings (SSSR count). The molecule has 6 unspecified atom stereocenters. The summed E-state index contributed by atoms with van der Waals surface area (Å²) in [4.78, 5) is 0. The van der Waals surface area contributed by atoms with Crippen molar-refractivity contribution in [2.24, 2.45) is 10.8 Å². The Labute approximate surface area is 104 Å². The molecule has 4 bridgehead atoms. The fraction of sp³-hybridized carbons (Fsp3) is 1.00. The maximum atomic E-state index is 10.6. The van der Waals surface area contributed by atoms with Gasteiger partial charge >= 0.3 is 0 Å². The molecule has 2 saturated heterocycles. The van der Waals surface area contributed by atoms with Gasteiger partial charge in [-0.25, -0.2) is 0 Å². The highest BCUT2D eigenvalue weighted by atomic mass is 31.1. The molecule has 0 aromatic carbocycles. The van der Waals surface area contributed by atoms with E-state index in [1.165, 1.54) is 0 Å².